The molecule has 0 radical (unpaired) electrons. The summed E-state index contributed by atoms with van der Waals surface area (Å²) < 4.78 is 12.8. The van der Waals surface area contributed by atoms with Gasteiger partial charge in [-0.3, -0.25) is 0 Å². The largest absolute Gasteiger partial charge is 0.497 e. The minimum Gasteiger partial charge on any atom is -0.497 e. The van der Waals surface area contributed by atoms with Gasteiger partial charge in [0.2, 0.25) is 0 Å². The number of furan rings is 1. The third-order valence-corrected chi connectivity index (χ3v) is 4.67. The van der Waals surface area contributed by atoms with Crippen LogP contribution < -0.4 is 4.74 Å². The van der Waals surface area contributed by atoms with Crippen molar-refractivity contribution < 1.29 is 9.15 Å². The average molecular weight is 329 g/mol. The van der Waals surface area contributed by atoms with Crippen molar-refractivity contribution in [3.8, 4) is 17.1 Å². The van der Waals surface area contributed by atoms with Crippen LogP contribution >= 0.6 is 11.8 Å². The van der Waals surface area contributed by atoms with E-state index in [2.05, 4.69) is 27.8 Å². The summed E-state index contributed by atoms with van der Waals surface area (Å²) in [6.45, 7) is 4.85. The number of benzene rings is 1. The Morgan fingerprint density at radius 2 is 2.13 bits per heavy atom. The molecule has 0 fully saturated rings. The molecule has 2 heterocycles. The highest BCUT2D eigenvalue weighted by atomic mass is 32.2. The Hall–Kier alpha value is -2.21. The van der Waals surface area contributed by atoms with Crippen molar-refractivity contribution in [1.29, 1.82) is 0 Å². The fraction of sp³-hybridized carbons (Fsp3) is 0.294. The highest BCUT2D eigenvalue weighted by Crippen LogP contribution is 2.29. The van der Waals surface area contributed by atoms with Crippen LogP contribution in [0.15, 0.2) is 46.2 Å². The van der Waals surface area contributed by atoms with Crippen molar-refractivity contribution in [3.05, 3.63) is 47.9 Å². The van der Waals surface area contributed by atoms with Gasteiger partial charge in [-0.2, -0.15) is 0 Å². The van der Waals surface area contributed by atoms with Gasteiger partial charge < -0.3 is 13.7 Å². The van der Waals surface area contributed by atoms with E-state index in [1.807, 2.05) is 31.2 Å². The second-order valence-corrected chi connectivity index (χ2v) is 6.02. The first-order valence-electron chi connectivity index (χ1n) is 7.46. The summed E-state index contributed by atoms with van der Waals surface area (Å²) in [5.74, 6) is 3.40. The van der Waals surface area contributed by atoms with E-state index in [9.17, 15) is 0 Å². The van der Waals surface area contributed by atoms with Crippen LogP contribution in [-0.4, -0.2) is 21.9 Å². The molecule has 0 aliphatic heterocycles. The summed E-state index contributed by atoms with van der Waals surface area (Å²) >= 11 is 1.67. The van der Waals surface area contributed by atoms with Crippen LogP contribution in [0.5, 0.6) is 5.75 Å². The zero-order valence-corrected chi connectivity index (χ0v) is 14.3. The van der Waals surface area contributed by atoms with Gasteiger partial charge >= 0.3 is 0 Å². The van der Waals surface area contributed by atoms with Crippen LogP contribution in [-0.2, 0) is 12.3 Å². The van der Waals surface area contributed by atoms with Crippen molar-refractivity contribution in [1.82, 2.24) is 14.8 Å². The first kappa shape index (κ1) is 15.7. The van der Waals surface area contributed by atoms with E-state index >= 15 is 0 Å². The third-order valence-electron chi connectivity index (χ3n) is 3.63. The van der Waals surface area contributed by atoms with Crippen molar-refractivity contribution in [2.75, 3.05) is 7.11 Å². The molecule has 0 aliphatic rings. The van der Waals surface area contributed by atoms with Crippen molar-refractivity contribution in [2.45, 2.75) is 31.3 Å². The van der Waals surface area contributed by atoms with Gasteiger partial charge in [-0.25, -0.2) is 0 Å². The Kier molecular flexibility index (Phi) is 4.71. The maximum atomic E-state index is 5.38. The van der Waals surface area contributed by atoms with Crippen molar-refractivity contribution in [2.24, 2.45) is 0 Å². The summed E-state index contributed by atoms with van der Waals surface area (Å²) in [6.07, 6.45) is 1.68. The molecule has 3 aromatic rings. The van der Waals surface area contributed by atoms with E-state index in [-0.39, 0.29) is 0 Å². The minimum atomic E-state index is 0.813. The molecule has 6 heteroatoms. The lowest BCUT2D eigenvalue weighted by molar-refractivity contribution is 0.414. The Bertz CT molecular complexity index is 795. The maximum Gasteiger partial charge on any atom is 0.191 e. The van der Waals surface area contributed by atoms with Gasteiger partial charge in [0, 0.05) is 12.3 Å². The molecule has 1 aromatic carbocycles. The van der Waals surface area contributed by atoms with E-state index in [1.165, 1.54) is 5.56 Å². The number of hydrogen-bond donors (Lipinski definition) is 0. The second-order valence-electron chi connectivity index (χ2n) is 5.08. The summed E-state index contributed by atoms with van der Waals surface area (Å²) in [5, 5.41) is 9.60. The van der Waals surface area contributed by atoms with Gasteiger partial charge in [-0.05, 0) is 37.6 Å². The average Bonchev–Trinajstić information content (AvgIpc) is 3.18. The minimum absolute atomic E-state index is 0.813. The highest BCUT2D eigenvalue weighted by molar-refractivity contribution is 7.98. The molecule has 120 valence electrons. The fourth-order valence-electron chi connectivity index (χ4n) is 2.41. The van der Waals surface area contributed by atoms with E-state index in [0.29, 0.717) is 0 Å². The number of rotatable bonds is 6. The first-order chi connectivity index (χ1) is 11.2. The summed E-state index contributed by atoms with van der Waals surface area (Å²) in [5.41, 5.74) is 2.19. The Morgan fingerprint density at radius 3 is 2.83 bits per heavy atom. The maximum absolute atomic E-state index is 5.38. The fourth-order valence-corrected chi connectivity index (χ4v) is 3.35. The lowest BCUT2D eigenvalue weighted by atomic mass is 10.2. The van der Waals surface area contributed by atoms with Crippen LogP contribution in [0.3, 0.4) is 0 Å². The molecular formula is C17H19N3O2S. The summed E-state index contributed by atoms with van der Waals surface area (Å²) in [4.78, 5) is 0. The molecule has 2 aromatic heterocycles. The van der Waals surface area contributed by atoms with Crippen LogP contribution in [0.25, 0.3) is 11.4 Å². The molecule has 0 spiro atoms. The van der Waals surface area contributed by atoms with Crippen LogP contribution in [0.2, 0.25) is 0 Å². The molecule has 0 amide bonds. The Balaban J connectivity index is 1.81. The predicted molar refractivity (Wildman–Crippen MR) is 90.7 cm³/mol. The van der Waals surface area contributed by atoms with Gasteiger partial charge in [0.1, 0.15) is 11.5 Å². The monoisotopic (exact) mass is 329 g/mol. The Morgan fingerprint density at radius 1 is 1.26 bits per heavy atom. The van der Waals surface area contributed by atoms with Gasteiger partial charge in [-0.15, -0.1) is 10.2 Å². The number of aromatic nitrogens is 3. The van der Waals surface area contributed by atoms with E-state index in [0.717, 1.165) is 40.4 Å². The quantitative estimate of drug-likeness (QED) is 0.635. The number of nitrogens with zero attached hydrogens (tertiary/aromatic N) is 3. The predicted octanol–water partition coefficient (Wildman–Crippen LogP) is 4.17. The van der Waals surface area contributed by atoms with Gasteiger partial charge in [0.25, 0.3) is 0 Å². The zero-order chi connectivity index (χ0) is 16.2. The SMILES string of the molecule is CCn1c(SCc2cccc(OC)c2)nnc1-c1ccoc1C. The standard InChI is InChI=1S/C17H19N3O2S/c1-4-20-16(15-8-9-22-12(15)2)18-19-17(20)23-11-13-6-5-7-14(10-13)21-3/h5-10H,4,11H2,1-3H3. The molecule has 0 saturated heterocycles. The number of methoxy groups -OCH3 is 1. The molecule has 3 rings (SSSR count). The second kappa shape index (κ2) is 6.91. The van der Waals surface area contributed by atoms with E-state index in [1.54, 1.807) is 25.1 Å². The molecular weight excluding hydrogens is 310 g/mol. The normalized spacial score (nSPS) is 10.9. The number of ether oxygens (including phenoxy) is 1. The summed E-state index contributed by atoms with van der Waals surface area (Å²) in [7, 11) is 1.68. The van der Waals surface area contributed by atoms with Gasteiger partial charge in [0.15, 0.2) is 11.0 Å². The smallest absolute Gasteiger partial charge is 0.191 e. The number of hydrogen-bond acceptors (Lipinski definition) is 5. The third kappa shape index (κ3) is 3.27. The number of aryl methyl sites for hydroxylation is 1. The van der Waals surface area contributed by atoms with E-state index in [4.69, 9.17) is 9.15 Å². The molecule has 0 saturated carbocycles. The molecule has 0 atom stereocenters. The van der Waals surface area contributed by atoms with E-state index < -0.39 is 0 Å². The number of thioether (sulfide) groups is 1. The molecule has 23 heavy (non-hydrogen) atoms. The van der Waals surface area contributed by atoms with Gasteiger partial charge in [0.05, 0.1) is 18.9 Å². The molecule has 0 N–H and O–H groups in total. The molecule has 0 unspecified atom stereocenters. The van der Waals surface area contributed by atoms with Crippen LogP contribution in [0.1, 0.15) is 18.2 Å². The first-order valence-corrected chi connectivity index (χ1v) is 8.45. The van der Waals surface area contributed by atoms with Gasteiger partial charge in [-0.1, -0.05) is 23.9 Å². The highest BCUT2D eigenvalue weighted by Gasteiger charge is 2.16. The molecule has 0 aliphatic carbocycles. The molecule has 0 bridgehead atoms. The van der Waals surface area contributed by atoms with Crippen LogP contribution in [0, 0.1) is 6.92 Å². The Labute approximate surface area is 139 Å². The lowest BCUT2D eigenvalue weighted by Gasteiger charge is -2.07. The van der Waals surface area contributed by atoms with Crippen LogP contribution in [0.4, 0.5) is 0 Å². The lowest BCUT2D eigenvalue weighted by Crippen LogP contribution is -2.00. The molecule has 5 nitrogen and oxygen atoms in total. The zero-order valence-electron chi connectivity index (χ0n) is 13.4. The van der Waals surface area contributed by atoms with Crippen molar-refractivity contribution in [3.63, 3.8) is 0 Å². The van der Waals surface area contributed by atoms with Crippen molar-refractivity contribution >= 4 is 11.8 Å². The summed E-state index contributed by atoms with van der Waals surface area (Å²) in [6, 6.07) is 10.0. The topological polar surface area (TPSA) is 53.1 Å².